The number of halogens is 1. The summed E-state index contributed by atoms with van der Waals surface area (Å²) in [6.07, 6.45) is 0.905. The monoisotopic (exact) mass is 360 g/mol. The largest absolute Gasteiger partial charge is 0.465 e. The summed E-state index contributed by atoms with van der Waals surface area (Å²) in [5.74, 6) is -0.469. The van der Waals surface area contributed by atoms with Crippen LogP contribution in [0.4, 0.5) is 11.4 Å². The number of nitrogens with one attached hydrogen (secondary N) is 1. The summed E-state index contributed by atoms with van der Waals surface area (Å²) in [5, 5.41) is 3.49. The second-order valence-electron chi connectivity index (χ2n) is 5.77. The Morgan fingerprint density at radius 1 is 1.12 bits per heavy atom. The Balaban J connectivity index is 1.98. The lowest BCUT2D eigenvalue weighted by atomic mass is 10.1. The molecule has 0 saturated heterocycles. The predicted molar refractivity (Wildman–Crippen MR) is 101 cm³/mol. The summed E-state index contributed by atoms with van der Waals surface area (Å²) >= 11 is 6.20. The number of ether oxygens (including phenoxy) is 1. The lowest BCUT2D eigenvalue weighted by Gasteiger charge is -2.19. The van der Waals surface area contributed by atoms with Crippen LogP contribution in [-0.2, 0) is 16.0 Å². The molecule has 0 aromatic heterocycles. The Morgan fingerprint density at radius 2 is 1.80 bits per heavy atom. The molecule has 1 N–H and O–H groups in total. The number of aryl methyl sites for hydroxylation is 1. The van der Waals surface area contributed by atoms with E-state index in [2.05, 4.69) is 10.1 Å². The molecule has 2 aromatic carbocycles. The maximum absolute atomic E-state index is 12.2. The van der Waals surface area contributed by atoms with Crippen molar-refractivity contribution in [3.05, 3.63) is 58.6 Å². The van der Waals surface area contributed by atoms with E-state index in [0.29, 0.717) is 29.1 Å². The van der Waals surface area contributed by atoms with Crippen molar-refractivity contribution in [1.29, 1.82) is 0 Å². The number of carbonyl (C=O) groups is 2. The number of rotatable bonds is 6. The van der Waals surface area contributed by atoms with E-state index < -0.39 is 0 Å². The van der Waals surface area contributed by atoms with Crippen LogP contribution in [0.15, 0.2) is 42.5 Å². The van der Waals surface area contributed by atoms with E-state index in [4.69, 9.17) is 11.6 Å². The average Bonchev–Trinajstić information content (AvgIpc) is 2.59. The highest BCUT2D eigenvalue weighted by molar-refractivity contribution is 6.34. The second kappa shape index (κ2) is 8.53. The maximum atomic E-state index is 12.2. The minimum atomic E-state index is -0.374. The van der Waals surface area contributed by atoms with Crippen molar-refractivity contribution in [1.82, 2.24) is 0 Å². The van der Waals surface area contributed by atoms with Crippen molar-refractivity contribution >= 4 is 34.9 Å². The molecule has 25 heavy (non-hydrogen) atoms. The van der Waals surface area contributed by atoms with E-state index in [0.717, 1.165) is 11.3 Å². The molecule has 6 heteroatoms. The summed E-state index contributed by atoms with van der Waals surface area (Å²) in [7, 11) is 5.10. The van der Waals surface area contributed by atoms with Gasteiger partial charge in [-0.3, -0.25) is 4.79 Å². The van der Waals surface area contributed by atoms with Gasteiger partial charge in [-0.1, -0.05) is 29.8 Å². The quantitative estimate of drug-likeness (QED) is 0.797. The smallest absolute Gasteiger partial charge is 0.337 e. The summed E-state index contributed by atoms with van der Waals surface area (Å²) in [6, 6.07) is 12.4. The Hall–Kier alpha value is -2.53. The molecule has 0 fully saturated rings. The van der Waals surface area contributed by atoms with Gasteiger partial charge in [0.2, 0.25) is 5.91 Å². The summed E-state index contributed by atoms with van der Waals surface area (Å²) in [4.78, 5) is 25.5. The summed E-state index contributed by atoms with van der Waals surface area (Å²) in [6.45, 7) is 0. The fourth-order valence-electron chi connectivity index (χ4n) is 2.47. The molecule has 5 nitrogen and oxygen atoms in total. The SMILES string of the molecule is COC(=O)c1ccc(CCC(=O)Nc2cccc(Cl)c2N(C)C)cc1. The van der Waals surface area contributed by atoms with E-state index in [9.17, 15) is 9.59 Å². The third kappa shape index (κ3) is 4.97. The van der Waals surface area contributed by atoms with Gasteiger partial charge in [0.1, 0.15) is 0 Å². The fraction of sp³-hybridized carbons (Fsp3) is 0.263. The average molecular weight is 361 g/mol. The van der Waals surface area contributed by atoms with E-state index in [1.165, 1.54) is 7.11 Å². The molecule has 0 aliphatic rings. The summed E-state index contributed by atoms with van der Waals surface area (Å²) in [5.41, 5.74) is 2.93. The van der Waals surface area contributed by atoms with Crippen LogP contribution >= 0.6 is 11.6 Å². The van der Waals surface area contributed by atoms with Crippen LogP contribution < -0.4 is 10.2 Å². The third-order valence-corrected chi connectivity index (χ3v) is 4.03. The van der Waals surface area contributed by atoms with Gasteiger partial charge in [0, 0.05) is 20.5 Å². The minimum absolute atomic E-state index is 0.0950. The first-order valence-corrected chi connectivity index (χ1v) is 8.23. The van der Waals surface area contributed by atoms with Crippen molar-refractivity contribution in [2.45, 2.75) is 12.8 Å². The molecular weight excluding hydrogens is 340 g/mol. The van der Waals surface area contributed by atoms with Crippen LogP contribution in [0.25, 0.3) is 0 Å². The van der Waals surface area contributed by atoms with Gasteiger partial charge in [0.05, 0.1) is 29.1 Å². The number of methoxy groups -OCH3 is 1. The van der Waals surface area contributed by atoms with E-state index >= 15 is 0 Å². The topological polar surface area (TPSA) is 58.6 Å². The highest BCUT2D eigenvalue weighted by Crippen LogP contribution is 2.32. The molecule has 2 aromatic rings. The van der Waals surface area contributed by atoms with Crippen molar-refractivity contribution in [2.75, 3.05) is 31.4 Å². The van der Waals surface area contributed by atoms with Crippen LogP contribution in [-0.4, -0.2) is 33.1 Å². The van der Waals surface area contributed by atoms with Gasteiger partial charge in [-0.2, -0.15) is 0 Å². The number of amides is 1. The van der Waals surface area contributed by atoms with Gasteiger partial charge in [0.15, 0.2) is 0 Å². The fourth-order valence-corrected chi connectivity index (χ4v) is 2.81. The Bertz CT molecular complexity index is 758. The van der Waals surface area contributed by atoms with Crippen molar-refractivity contribution in [3.8, 4) is 0 Å². The van der Waals surface area contributed by atoms with Gasteiger partial charge in [-0.15, -0.1) is 0 Å². The third-order valence-electron chi connectivity index (χ3n) is 3.72. The number of hydrogen-bond donors (Lipinski definition) is 1. The van der Waals surface area contributed by atoms with Gasteiger partial charge in [-0.05, 0) is 36.2 Å². The first-order valence-electron chi connectivity index (χ1n) is 7.85. The molecule has 0 spiro atoms. The molecule has 0 aliphatic carbocycles. The maximum Gasteiger partial charge on any atom is 0.337 e. The van der Waals surface area contributed by atoms with Crippen molar-refractivity contribution < 1.29 is 14.3 Å². The first kappa shape index (κ1) is 18.8. The number of carbonyl (C=O) groups excluding carboxylic acids is 2. The number of anilines is 2. The van der Waals surface area contributed by atoms with Gasteiger partial charge in [-0.25, -0.2) is 4.79 Å². The number of esters is 1. The Morgan fingerprint density at radius 3 is 2.40 bits per heavy atom. The van der Waals surface area contributed by atoms with E-state index in [1.807, 2.05) is 37.2 Å². The van der Waals surface area contributed by atoms with Gasteiger partial charge in [0.25, 0.3) is 0 Å². The molecule has 0 atom stereocenters. The van der Waals surface area contributed by atoms with Crippen LogP contribution in [0.5, 0.6) is 0 Å². The molecule has 0 saturated carbocycles. The zero-order valence-electron chi connectivity index (χ0n) is 14.5. The minimum Gasteiger partial charge on any atom is -0.465 e. The molecule has 0 unspecified atom stereocenters. The molecule has 0 aliphatic heterocycles. The zero-order valence-corrected chi connectivity index (χ0v) is 15.3. The predicted octanol–water partition coefficient (Wildman–Crippen LogP) is 3.76. The molecule has 2 rings (SSSR count). The Labute approximate surface area is 152 Å². The van der Waals surface area contributed by atoms with Crippen molar-refractivity contribution in [3.63, 3.8) is 0 Å². The molecule has 132 valence electrons. The number of nitrogens with zero attached hydrogens (tertiary/aromatic N) is 1. The number of hydrogen-bond acceptors (Lipinski definition) is 4. The number of benzene rings is 2. The van der Waals surface area contributed by atoms with Crippen LogP contribution in [0.3, 0.4) is 0 Å². The van der Waals surface area contributed by atoms with Gasteiger partial charge >= 0.3 is 5.97 Å². The highest BCUT2D eigenvalue weighted by atomic mass is 35.5. The van der Waals surface area contributed by atoms with Crippen LogP contribution in [0.1, 0.15) is 22.3 Å². The van der Waals surface area contributed by atoms with Crippen molar-refractivity contribution in [2.24, 2.45) is 0 Å². The van der Waals surface area contributed by atoms with E-state index in [-0.39, 0.29) is 11.9 Å². The lowest BCUT2D eigenvalue weighted by Crippen LogP contribution is -2.17. The molecule has 1 amide bonds. The van der Waals surface area contributed by atoms with Crippen LogP contribution in [0, 0.1) is 0 Å². The zero-order chi connectivity index (χ0) is 18.4. The lowest BCUT2D eigenvalue weighted by molar-refractivity contribution is -0.116. The normalized spacial score (nSPS) is 10.2. The highest BCUT2D eigenvalue weighted by Gasteiger charge is 2.12. The van der Waals surface area contributed by atoms with Gasteiger partial charge < -0.3 is 15.0 Å². The molecule has 0 bridgehead atoms. The second-order valence-corrected chi connectivity index (χ2v) is 6.17. The number of para-hydroxylation sites is 1. The summed E-state index contributed by atoms with van der Waals surface area (Å²) < 4.78 is 4.66. The molecule has 0 radical (unpaired) electrons. The van der Waals surface area contributed by atoms with Crippen LogP contribution in [0.2, 0.25) is 5.02 Å². The Kier molecular flexibility index (Phi) is 6.42. The van der Waals surface area contributed by atoms with E-state index in [1.54, 1.807) is 24.3 Å². The molecular formula is C19H21ClN2O3. The molecule has 0 heterocycles. The standard InChI is InChI=1S/C19H21ClN2O3/c1-22(2)18-15(20)5-4-6-16(18)21-17(23)12-9-13-7-10-14(11-8-13)19(24)25-3/h4-8,10-11H,9,12H2,1-3H3,(H,21,23). The first-order chi connectivity index (χ1) is 11.9.